The summed E-state index contributed by atoms with van der Waals surface area (Å²) in [7, 11) is 4.79. The number of nitrogens with zero attached hydrogens (tertiary/aromatic N) is 2. The molecule has 0 unspecified atom stereocenters. The fourth-order valence-corrected chi connectivity index (χ4v) is 3.64. The number of rotatable bonds is 13. The Kier molecular flexibility index (Phi) is 21.9. The molecule has 3 rings (SSSR count). The van der Waals surface area contributed by atoms with Crippen molar-refractivity contribution in [2.75, 3.05) is 34.2 Å². The Morgan fingerprint density at radius 1 is 1.11 bits per heavy atom. The molecular weight excluding hydrogens is 593 g/mol. The quantitative estimate of drug-likeness (QED) is 0.106. The molecule has 3 atom stereocenters. The van der Waals surface area contributed by atoms with E-state index in [4.69, 9.17) is 43.6 Å². The van der Waals surface area contributed by atoms with Gasteiger partial charge in [-0.25, -0.2) is 4.98 Å². The number of aromatic nitrogens is 2. The van der Waals surface area contributed by atoms with E-state index in [1.165, 1.54) is 21.0 Å². The molecule has 2 heterocycles. The lowest BCUT2D eigenvalue weighted by molar-refractivity contribution is -0.147. The Hall–Kier alpha value is -2.93. The van der Waals surface area contributed by atoms with Gasteiger partial charge in [-0.1, -0.05) is 44.9 Å². The normalized spacial score (nSPS) is 16.2. The van der Waals surface area contributed by atoms with E-state index in [9.17, 15) is 4.79 Å². The van der Waals surface area contributed by atoms with Gasteiger partial charge in [-0.2, -0.15) is 4.98 Å². The highest BCUT2D eigenvalue weighted by Gasteiger charge is 2.30. The van der Waals surface area contributed by atoms with E-state index in [1.807, 2.05) is 6.07 Å². The first kappa shape index (κ1) is 41.1. The first-order chi connectivity index (χ1) is 20.9. The SMILES string of the molecule is CC(C)(O)O.CCC(CC)COC(=O)[C@H](C)NCOC[C@@H]1CC[C@H](c2cnc(OC)nc2OC)O1.O=P.Oc1ccccc1. The van der Waals surface area contributed by atoms with Crippen LogP contribution in [0.15, 0.2) is 36.5 Å². The number of carbonyl (C=O) groups excluding carboxylic acids is 1. The number of hydrogen-bond donors (Lipinski definition) is 4. The van der Waals surface area contributed by atoms with Crippen molar-refractivity contribution in [2.45, 2.75) is 84.3 Å². The van der Waals surface area contributed by atoms with E-state index in [1.54, 1.807) is 53.6 Å². The van der Waals surface area contributed by atoms with Gasteiger partial charge < -0.3 is 39.0 Å². The van der Waals surface area contributed by atoms with Crippen molar-refractivity contribution in [3.05, 3.63) is 42.1 Å². The average Bonchev–Trinajstić information content (AvgIpc) is 3.48. The van der Waals surface area contributed by atoms with Crippen molar-refractivity contribution in [1.82, 2.24) is 15.3 Å². The summed E-state index contributed by atoms with van der Waals surface area (Å²) in [5, 5.41) is 27.8. The molecule has 0 bridgehead atoms. The minimum atomic E-state index is -1.50. The zero-order valence-corrected chi connectivity index (χ0v) is 27.8. The van der Waals surface area contributed by atoms with Crippen LogP contribution in [0.4, 0.5) is 0 Å². The second-order valence-electron chi connectivity index (χ2n) is 10.2. The summed E-state index contributed by atoms with van der Waals surface area (Å²) < 4.78 is 35.5. The number of methoxy groups -OCH3 is 2. The Morgan fingerprint density at radius 2 is 1.73 bits per heavy atom. The highest BCUT2D eigenvalue weighted by Crippen LogP contribution is 2.36. The van der Waals surface area contributed by atoms with Gasteiger partial charge in [-0.05, 0) is 51.7 Å². The number of carbonyl (C=O) groups is 1. The topological polar surface area (TPSA) is 179 Å². The minimum Gasteiger partial charge on any atom is -0.508 e. The smallest absolute Gasteiger partial charge is 0.322 e. The third kappa shape index (κ3) is 18.7. The fraction of sp³-hybridized carbons (Fsp3) is 0.633. The molecule has 14 heteroatoms. The van der Waals surface area contributed by atoms with Gasteiger partial charge in [-0.15, -0.1) is 0 Å². The predicted octanol–water partition coefficient (Wildman–Crippen LogP) is 4.22. The number of phenols is 1. The van der Waals surface area contributed by atoms with Crippen molar-refractivity contribution < 1.29 is 48.4 Å². The van der Waals surface area contributed by atoms with E-state index < -0.39 is 11.8 Å². The molecule has 0 aliphatic carbocycles. The van der Waals surface area contributed by atoms with E-state index in [0.29, 0.717) is 30.8 Å². The average molecular weight is 644 g/mol. The Bertz CT molecular complexity index is 1020. The largest absolute Gasteiger partial charge is 0.508 e. The summed E-state index contributed by atoms with van der Waals surface area (Å²) in [4.78, 5) is 20.4. The zero-order valence-electron chi connectivity index (χ0n) is 26.8. The van der Waals surface area contributed by atoms with Crippen LogP contribution in [0, 0.1) is 5.92 Å². The van der Waals surface area contributed by atoms with Crippen molar-refractivity contribution in [3.63, 3.8) is 0 Å². The molecule has 1 aliphatic rings. The summed E-state index contributed by atoms with van der Waals surface area (Å²) >= 11 is 0. The maximum atomic E-state index is 12.0. The summed E-state index contributed by atoms with van der Waals surface area (Å²) in [5.74, 6) is -0.563. The Balaban J connectivity index is 0.00000109. The molecule has 1 aromatic heterocycles. The molecule has 0 amide bonds. The molecule has 1 aliphatic heterocycles. The van der Waals surface area contributed by atoms with Crippen LogP contribution < -0.4 is 14.8 Å². The molecule has 0 saturated carbocycles. The predicted molar refractivity (Wildman–Crippen MR) is 166 cm³/mol. The van der Waals surface area contributed by atoms with E-state index in [-0.39, 0.29) is 30.9 Å². The molecule has 1 fully saturated rings. The molecule has 250 valence electrons. The third-order valence-corrected chi connectivity index (χ3v) is 6.11. The lowest BCUT2D eigenvalue weighted by atomic mass is 10.1. The highest BCUT2D eigenvalue weighted by atomic mass is 31.0. The number of nitrogens with one attached hydrogen (secondary N) is 1. The van der Waals surface area contributed by atoms with Gasteiger partial charge in [0.05, 0.1) is 51.9 Å². The first-order valence-electron chi connectivity index (χ1n) is 14.4. The lowest BCUT2D eigenvalue weighted by Crippen LogP contribution is -2.38. The minimum absolute atomic E-state index is 0.0410. The Labute approximate surface area is 262 Å². The van der Waals surface area contributed by atoms with Crippen LogP contribution in [0.2, 0.25) is 0 Å². The van der Waals surface area contributed by atoms with Crippen LogP contribution in [0.25, 0.3) is 0 Å². The Morgan fingerprint density at radius 3 is 2.23 bits per heavy atom. The van der Waals surface area contributed by atoms with Gasteiger partial charge in [0.25, 0.3) is 0 Å². The molecule has 0 radical (unpaired) electrons. The van der Waals surface area contributed by atoms with Crippen LogP contribution in [0.1, 0.15) is 72.0 Å². The van der Waals surface area contributed by atoms with Crippen LogP contribution in [0.5, 0.6) is 17.6 Å². The van der Waals surface area contributed by atoms with Crippen LogP contribution in [-0.4, -0.2) is 83.4 Å². The monoisotopic (exact) mass is 643 g/mol. The van der Waals surface area contributed by atoms with Gasteiger partial charge in [0.1, 0.15) is 20.9 Å². The van der Waals surface area contributed by atoms with Gasteiger partial charge in [0, 0.05) is 6.20 Å². The van der Waals surface area contributed by atoms with Crippen molar-refractivity contribution >= 4 is 15.1 Å². The lowest BCUT2D eigenvalue weighted by Gasteiger charge is -2.18. The molecule has 13 nitrogen and oxygen atoms in total. The van der Waals surface area contributed by atoms with E-state index >= 15 is 0 Å². The van der Waals surface area contributed by atoms with Gasteiger partial charge in [0.15, 0.2) is 5.79 Å². The number of ether oxygens (including phenoxy) is 5. The van der Waals surface area contributed by atoms with Crippen molar-refractivity contribution in [2.24, 2.45) is 5.92 Å². The van der Waals surface area contributed by atoms with E-state index in [2.05, 4.69) is 29.1 Å². The molecule has 1 saturated heterocycles. The number of phenolic OH excluding ortho intramolecular Hbond substituents is 1. The molecule has 4 N–H and O–H groups in total. The molecule has 44 heavy (non-hydrogen) atoms. The number of benzene rings is 1. The standard InChI is InChI=1S/C21H35N3O6.C6H6O.C3H8O2.HOP/c1-6-15(7-2)11-29-20(25)14(3)23-13-28-12-16-8-9-18(30-16)17-10-22-21(27-5)24-19(17)26-4;7-6-4-2-1-3-5-6;1-3(2,4)5;1-2/h10,14-16,18,23H,6-9,11-13H2,1-5H3;1-5,7H;4-5H,1-2H3;2H/t14-,16-,18+;;;/m0.../s1. The maximum Gasteiger partial charge on any atom is 0.322 e. The van der Waals surface area contributed by atoms with Gasteiger partial charge in [-0.3, -0.25) is 14.7 Å². The van der Waals surface area contributed by atoms with Gasteiger partial charge >= 0.3 is 12.0 Å². The van der Waals surface area contributed by atoms with Crippen LogP contribution in [-0.2, 0) is 23.6 Å². The molecular formula is C30H50N3O10P. The zero-order chi connectivity index (χ0) is 33.5. The van der Waals surface area contributed by atoms with Crippen molar-refractivity contribution in [1.29, 1.82) is 0 Å². The molecule has 2 aromatic rings. The maximum absolute atomic E-state index is 12.0. The summed E-state index contributed by atoms with van der Waals surface area (Å²) in [6.45, 7) is 9.72. The second-order valence-corrected chi connectivity index (χ2v) is 10.2. The number of aromatic hydroxyl groups is 1. The first-order valence-corrected chi connectivity index (χ1v) is 14.8. The number of aliphatic hydroxyl groups is 2. The number of hydrogen-bond acceptors (Lipinski definition) is 13. The van der Waals surface area contributed by atoms with Gasteiger partial charge in [0.2, 0.25) is 5.88 Å². The fourth-order valence-electron chi connectivity index (χ4n) is 3.64. The third-order valence-electron chi connectivity index (χ3n) is 6.11. The second kappa shape index (κ2) is 23.5. The van der Waals surface area contributed by atoms with Crippen LogP contribution in [0.3, 0.4) is 0 Å². The molecule has 1 aromatic carbocycles. The summed E-state index contributed by atoms with van der Waals surface area (Å²) in [6, 6.07) is 8.55. The molecule has 0 spiro atoms. The number of para-hydroxylation sites is 1. The highest BCUT2D eigenvalue weighted by molar-refractivity contribution is 7.00. The van der Waals surface area contributed by atoms with Crippen LogP contribution >= 0.6 is 9.12 Å². The summed E-state index contributed by atoms with van der Waals surface area (Å²) in [6.07, 6.45) is 5.18. The van der Waals surface area contributed by atoms with E-state index in [0.717, 1.165) is 31.2 Å². The summed E-state index contributed by atoms with van der Waals surface area (Å²) in [5.41, 5.74) is 0.799. The number of esters is 1. The van der Waals surface area contributed by atoms with Crippen molar-refractivity contribution in [3.8, 4) is 17.6 Å².